The maximum atomic E-state index is 11.7. The molecule has 1 heterocycles. The Labute approximate surface area is 137 Å². The Balaban J connectivity index is 2.01. The van der Waals surface area contributed by atoms with Crippen LogP contribution in [0.2, 0.25) is 0 Å². The van der Waals surface area contributed by atoms with E-state index < -0.39 is 11.7 Å². The van der Waals surface area contributed by atoms with E-state index in [-0.39, 0.29) is 6.04 Å². The first kappa shape index (κ1) is 17.1. The molecule has 1 atom stereocenters. The number of alkyl carbamates (subject to hydrolysis) is 1. The molecular formula is C18H25N3O2. The van der Waals surface area contributed by atoms with Crippen LogP contribution in [0.25, 0.3) is 10.9 Å². The number of rotatable bonds is 4. The van der Waals surface area contributed by atoms with Gasteiger partial charge in [0.2, 0.25) is 0 Å². The van der Waals surface area contributed by atoms with Crippen LogP contribution in [0, 0.1) is 6.92 Å². The van der Waals surface area contributed by atoms with E-state index in [1.54, 1.807) is 0 Å². The Morgan fingerprint density at radius 3 is 2.70 bits per heavy atom. The van der Waals surface area contributed by atoms with Gasteiger partial charge in [0.25, 0.3) is 0 Å². The molecule has 0 fully saturated rings. The van der Waals surface area contributed by atoms with E-state index in [2.05, 4.69) is 15.6 Å². The number of carbonyl (C=O) groups excluding carboxylic acids is 1. The third kappa shape index (κ3) is 5.13. The molecule has 23 heavy (non-hydrogen) atoms. The highest BCUT2D eigenvalue weighted by atomic mass is 16.6. The number of pyridine rings is 1. The largest absolute Gasteiger partial charge is 0.444 e. The van der Waals surface area contributed by atoms with E-state index >= 15 is 0 Å². The van der Waals surface area contributed by atoms with Gasteiger partial charge in [0.15, 0.2) is 0 Å². The fourth-order valence-electron chi connectivity index (χ4n) is 2.29. The van der Waals surface area contributed by atoms with E-state index in [9.17, 15) is 4.79 Å². The van der Waals surface area contributed by atoms with Crippen LogP contribution in [0.15, 0.2) is 30.3 Å². The van der Waals surface area contributed by atoms with Crippen LogP contribution < -0.4 is 10.6 Å². The van der Waals surface area contributed by atoms with Crippen LogP contribution in [0.3, 0.4) is 0 Å². The highest BCUT2D eigenvalue weighted by Crippen LogP contribution is 2.23. The lowest BCUT2D eigenvalue weighted by Gasteiger charge is -2.22. The zero-order valence-corrected chi connectivity index (χ0v) is 14.4. The van der Waals surface area contributed by atoms with E-state index in [1.165, 1.54) is 0 Å². The third-order valence-electron chi connectivity index (χ3n) is 3.20. The SMILES string of the molecule is Cc1cc(NC(C)CNC(=O)OC(C)(C)C)c2ccccc2n1. The van der Waals surface area contributed by atoms with Gasteiger partial charge >= 0.3 is 6.09 Å². The number of fused-ring (bicyclic) bond motifs is 1. The lowest BCUT2D eigenvalue weighted by atomic mass is 10.1. The summed E-state index contributed by atoms with van der Waals surface area (Å²) >= 11 is 0. The van der Waals surface area contributed by atoms with E-state index in [4.69, 9.17) is 4.74 Å². The van der Waals surface area contributed by atoms with Crippen LogP contribution in [-0.4, -0.2) is 29.3 Å². The van der Waals surface area contributed by atoms with Gasteiger partial charge in [-0.25, -0.2) is 4.79 Å². The molecule has 1 aromatic heterocycles. The number of nitrogens with zero attached hydrogens (tertiary/aromatic N) is 1. The summed E-state index contributed by atoms with van der Waals surface area (Å²) in [7, 11) is 0. The number of para-hydroxylation sites is 1. The summed E-state index contributed by atoms with van der Waals surface area (Å²) in [6, 6.07) is 10.1. The van der Waals surface area contributed by atoms with Crippen molar-refractivity contribution in [3.05, 3.63) is 36.0 Å². The van der Waals surface area contributed by atoms with Gasteiger partial charge in [-0.1, -0.05) is 18.2 Å². The first-order chi connectivity index (χ1) is 10.7. The van der Waals surface area contributed by atoms with Crippen molar-refractivity contribution in [2.45, 2.75) is 46.3 Å². The molecule has 2 rings (SSSR count). The molecule has 0 aliphatic rings. The number of nitrogens with one attached hydrogen (secondary N) is 2. The van der Waals surface area contributed by atoms with E-state index in [1.807, 2.05) is 65.0 Å². The van der Waals surface area contributed by atoms with Gasteiger partial charge in [0.05, 0.1) is 5.52 Å². The summed E-state index contributed by atoms with van der Waals surface area (Å²) < 4.78 is 5.24. The van der Waals surface area contributed by atoms with Gasteiger partial charge in [-0.2, -0.15) is 0 Å². The molecule has 1 amide bonds. The number of anilines is 1. The minimum atomic E-state index is -0.487. The Kier molecular flexibility index (Phi) is 5.08. The summed E-state index contributed by atoms with van der Waals surface area (Å²) in [5.74, 6) is 0. The molecule has 2 aromatic rings. The van der Waals surface area contributed by atoms with Crippen molar-refractivity contribution in [3.8, 4) is 0 Å². The van der Waals surface area contributed by atoms with Gasteiger partial charge in [0.1, 0.15) is 5.60 Å². The minimum absolute atomic E-state index is 0.0627. The molecule has 0 bridgehead atoms. The molecule has 0 saturated heterocycles. The molecule has 5 nitrogen and oxygen atoms in total. The predicted octanol–water partition coefficient (Wildman–Crippen LogP) is 3.87. The van der Waals surface area contributed by atoms with Gasteiger partial charge in [-0.3, -0.25) is 4.98 Å². The monoisotopic (exact) mass is 315 g/mol. The first-order valence-electron chi connectivity index (χ1n) is 7.84. The molecular weight excluding hydrogens is 290 g/mol. The highest BCUT2D eigenvalue weighted by molar-refractivity contribution is 5.91. The second kappa shape index (κ2) is 6.86. The molecule has 5 heteroatoms. The second-order valence-corrected chi connectivity index (χ2v) is 6.76. The average Bonchev–Trinajstić information content (AvgIpc) is 2.43. The van der Waals surface area contributed by atoms with Crippen molar-refractivity contribution in [1.82, 2.24) is 10.3 Å². The Hall–Kier alpha value is -2.30. The summed E-state index contributed by atoms with van der Waals surface area (Å²) in [5.41, 5.74) is 2.45. The topological polar surface area (TPSA) is 63.2 Å². The van der Waals surface area contributed by atoms with Crippen molar-refractivity contribution in [3.63, 3.8) is 0 Å². The fraction of sp³-hybridized carbons (Fsp3) is 0.444. The van der Waals surface area contributed by atoms with Crippen molar-refractivity contribution in [2.75, 3.05) is 11.9 Å². The number of benzene rings is 1. The number of hydrogen-bond acceptors (Lipinski definition) is 4. The summed E-state index contributed by atoms with van der Waals surface area (Å²) in [5, 5.41) is 7.29. The number of aromatic nitrogens is 1. The number of aryl methyl sites for hydroxylation is 1. The highest BCUT2D eigenvalue weighted by Gasteiger charge is 2.16. The average molecular weight is 315 g/mol. The van der Waals surface area contributed by atoms with Gasteiger partial charge in [-0.15, -0.1) is 0 Å². The number of amides is 1. The number of hydrogen-bond donors (Lipinski definition) is 2. The zero-order valence-electron chi connectivity index (χ0n) is 14.4. The predicted molar refractivity (Wildman–Crippen MR) is 93.8 cm³/mol. The van der Waals surface area contributed by atoms with E-state index in [0.717, 1.165) is 22.3 Å². The Morgan fingerprint density at radius 1 is 1.30 bits per heavy atom. The maximum Gasteiger partial charge on any atom is 0.407 e. The molecule has 1 aromatic carbocycles. The molecule has 0 saturated carbocycles. The number of carbonyl (C=O) groups is 1. The maximum absolute atomic E-state index is 11.7. The standard InChI is InChI=1S/C18H25N3O2/c1-12-10-16(14-8-6-7-9-15(14)20-12)21-13(2)11-19-17(22)23-18(3,4)5/h6-10,13H,11H2,1-5H3,(H,19,22)(H,20,21). The molecule has 0 aliphatic carbocycles. The Morgan fingerprint density at radius 2 is 2.00 bits per heavy atom. The van der Waals surface area contributed by atoms with Crippen molar-refractivity contribution in [1.29, 1.82) is 0 Å². The van der Waals surface area contributed by atoms with Crippen LogP contribution in [0.4, 0.5) is 10.5 Å². The van der Waals surface area contributed by atoms with Gasteiger partial charge in [-0.05, 0) is 46.8 Å². The molecule has 1 unspecified atom stereocenters. The minimum Gasteiger partial charge on any atom is -0.444 e. The lowest BCUT2D eigenvalue weighted by molar-refractivity contribution is 0.0526. The quantitative estimate of drug-likeness (QED) is 0.899. The van der Waals surface area contributed by atoms with Crippen LogP contribution in [-0.2, 0) is 4.74 Å². The van der Waals surface area contributed by atoms with Crippen LogP contribution in [0.5, 0.6) is 0 Å². The fourth-order valence-corrected chi connectivity index (χ4v) is 2.29. The Bertz CT molecular complexity index is 692. The second-order valence-electron chi connectivity index (χ2n) is 6.76. The summed E-state index contributed by atoms with van der Waals surface area (Å²) in [6.07, 6.45) is -0.401. The van der Waals surface area contributed by atoms with Crippen molar-refractivity contribution >= 4 is 22.7 Å². The first-order valence-corrected chi connectivity index (χ1v) is 7.84. The molecule has 0 radical (unpaired) electrons. The normalized spacial score (nSPS) is 12.7. The van der Waals surface area contributed by atoms with Crippen LogP contribution in [0.1, 0.15) is 33.4 Å². The van der Waals surface area contributed by atoms with Crippen molar-refractivity contribution < 1.29 is 9.53 Å². The number of ether oxygens (including phenoxy) is 1. The summed E-state index contributed by atoms with van der Waals surface area (Å²) in [4.78, 5) is 16.2. The molecule has 2 N–H and O–H groups in total. The smallest absolute Gasteiger partial charge is 0.407 e. The van der Waals surface area contributed by atoms with Crippen LogP contribution >= 0.6 is 0 Å². The summed E-state index contributed by atoms with van der Waals surface area (Å²) in [6.45, 7) is 10.0. The van der Waals surface area contributed by atoms with Gasteiger partial charge < -0.3 is 15.4 Å². The van der Waals surface area contributed by atoms with E-state index in [0.29, 0.717) is 6.54 Å². The zero-order chi connectivity index (χ0) is 17.0. The molecule has 0 spiro atoms. The molecule has 0 aliphatic heterocycles. The third-order valence-corrected chi connectivity index (χ3v) is 3.20. The lowest BCUT2D eigenvalue weighted by Crippen LogP contribution is -2.38. The van der Waals surface area contributed by atoms with Gasteiger partial charge in [0, 0.05) is 29.4 Å². The van der Waals surface area contributed by atoms with Crippen molar-refractivity contribution in [2.24, 2.45) is 0 Å². The molecule has 124 valence electrons.